The number of aryl methyl sites for hydroxylation is 3. The minimum absolute atomic E-state index is 0.0203. The fraction of sp³-hybridized carbons (Fsp3) is 0.304. The largest absolute Gasteiger partial charge is 0.312 e. The van der Waals surface area contributed by atoms with Crippen molar-refractivity contribution in [1.29, 1.82) is 0 Å². The first-order valence-electron chi connectivity index (χ1n) is 10.1. The molecule has 1 aliphatic rings. The Balaban J connectivity index is 1.44. The third-order valence-electron chi connectivity index (χ3n) is 5.56. The number of nitrogens with zero attached hydrogens (tertiary/aromatic N) is 3. The van der Waals surface area contributed by atoms with Gasteiger partial charge < -0.3 is 4.90 Å². The summed E-state index contributed by atoms with van der Waals surface area (Å²) >= 11 is 1.33. The molecule has 1 aliphatic heterocycles. The summed E-state index contributed by atoms with van der Waals surface area (Å²) in [5.74, 6) is -0.144. The van der Waals surface area contributed by atoms with Crippen LogP contribution >= 0.6 is 11.3 Å². The highest BCUT2D eigenvalue weighted by atomic mass is 32.1. The molecule has 1 saturated heterocycles. The summed E-state index contributed by atoms with van der Waals surface area (Å²) in [6.07, 6.45) is 1.37. The van der Waals surface area contributed by atoms with E-state index in [0.717, 1.165) is 28.2 Å². The molecule has 6 nitrogen and oxygen atoms in total. The smallest absolute Gasteiger partial charge is 0.257 e. The molecule has 0 spiro atoms. The molecule has 0 unspecified atom stereocenters. The molecule has 0 saturated carbocycles. The Hall–Kier alpha value is -3.06. The van der Waals surface area contributed by atoms with E-state index in [0.29, 0.717) is 23.7 Å². The Bertz CT molecular complexity index is 1090. The Labute approximate surface area is 180 Å². The van der Waals surface area contributed by atoms with Crippen molar-refractivity contribution >= 4 is 34.0 Å². The van der Waals surface area contributed by atoms with E-state index in [1.165, 1.54) is 16.9 Å². The lowest BCUT2D eigenvalue weighted by Crippen LogP contribution is -2.24. The van der Waals surface area contributed by atoms with Crippen LogP contribution in [0.3, 0.4) is 0 Å². The Morgan fingerprint density at radius 2 is 1.90 bits per heavy atom. The highest BCUT2D eigenvalue weighted by molar-refractivity contribution is 7.15. The van der Waals surface area contributed by atoms with Crippen LogP contribution in [-0.2, 0) is 11.2 Å². The van der Waals surface area contributed by atoms with Gasteiger partial charge in [0.25, 0.3) is 5.91 Å². The van der Waals surface area contributed by atoms with Crippen molar-refractivity contribution in [2.75, 3.05) is 16.8 Å². The van der Waals surface area contributed by atoms with E-state index in [9.17, 15) is 9.59 Å². The third-order valence-corrected chi connectivity index (χ3v) is 6.56. The molecule has 3 aromatic rings. The first kappa shape index (κ1) is 20.2. The lowest BCUT2D eigenvalue weighted by atomic mass is 10.1. The molecular formula is C23H24N4O2S. The van der Waals surface area contributed by atoms with E-state index in [4.69, 9.17) is 0 Å². The molecule has 2 aromatic carbocycles. The average molecular weight is 421 g/mol. The molecule has 1 N–H and O–H groups in total. The number of benzene rings is 2. The van der Waals surface area contributed by atoms with E-state index in [1.54, 1.807) is 11.0 Å². The number of carbonyl (C=O) groups excluding carboxylic acids is 2. The summed E-state index contributed by atoms with van der Waals surface area (Å²) in [6.45, 7) is 6.67. The molecule has 1 aromatic heterocycles. The number of hydrogen-bond donors (Lipinski definition) is 1. The van der Waals surface area contributed by atoms with Gasteiger partial charge in [0.15, 0.2) is 0 Å². The van der Waals surface area contributed by atoms with Gasteiger partial charge in [-0.2, -0.15) is 0 Å². The van der Waals surface area contributed by atoms with Gasteiger partial charge in [0.2, 0.25) is 11.0 Å². The predicted molar refractivity (Wildman–Crippen MR) is 119 cm³/mol. The van der Waals surface area contributed by atoms with E-state index in [-0.39, 0.29) is 17.7 Å². The van der Waals surface area contributed by atoms with Gasteiger partial charge in [-0.3, -0.25) is 14.9 Å². The van der Waals surface area contributed by atoms with Crippen molar-refractivity contribution in [3.05, 3.63) is 69.7 Å². The number of nitrogens with one attached hydrogen (secondary N) is 1. The van der Waals surface area contributed by atoms with Crippen LogP contribution in [-0.4, -0.2) is 28.6 Å². The molecular weight excluding hydrogens is 396 g/mol. The average Bonchev–Trinajstić information content (AvgIpc) is 3.36. The Kier molecular flexibility index (Phi) is 5.63. The molecule has 7 heteroatoms. The van der Waals surface area contributed by atoms with Crippen LogP contribution < -0.4 is 10.2 Å². The number of hydrogen-bond acceptors (Lipinski definition) is 5. The second-order valence-electron chi connectivity index (χ2n) is 7.62. The first-order valence-corrected chi connectivity index (χ1v) is 10.9. The molecule has 2 amide bonds. The molecule has 30 heavy (non-hydrogen) atoms. The van der Waals surface area contributed by atoms with Gasteiger partial charge in [0.1, 0.15) is 5.01 Å². The third kappa shape index (κ3) is 4.11. The van der Waals surface area contributed by atoms with Crippen LogP contribution in [0.5, 0.6) is 0 Å². The minimum Gasteiger partial charge on any atom is -0.312 e. The predicted octanol–water partition coefficient (Wildman–Crippen LogP) is 4.49. The lowest BCUT2D eigenvalue weighted by molar-refractivity contribution is -0.117. The first-order chi connectivity index (χ1) is 14.4. The van der Waals surface area contributed by atoms with Gasteiger partial charge in [-0.05, 0) is 61.2 Å². The van der Waals surface area contributed by atoms with Crippen LogP contribution in [0.25, 0.3) is 0 Å². The molecule has 154 valence electrons. The number of rotatable bonds is 5. The van der Waals surface area contributed by atoms with Crippen molar-refractivity contribution in [2.24, 2.45) is 0 Å². The highest BCUT2D eigenvalue weighted by Crippen LogP contribution is 2.34. The molecule has 0 radical (unpaired) electrons. The fourth-order valence-corrected chi connectivity index (χ4v) is 4.37. The topological polar surface area (TPSA) is 75.2 Å². The van der Waals surface area contributed by atoms with Gasteiger partial charge in [-0.15, -0.1) is 10.2 Å². The van der Waals surface area contributed by atoms with Crippen molar-refractivity contribution in [3.63, 3.8) is 0 Å². The zero-order valence-electron chi connectivity index (χ0n) is 17.3. The van der Waals surface area contributed by atoms with Gasteiger partial charge in [-0.25, -0.2) is 0 Å². The van der Waals surface area contributed by atoms with Gasteiger partial charge >= 0.3 is 0 Å². The molecule has 1 atom stereocenters. The van der Waals surface area contributed by atoms with Gasteiger partial charge in [0.05, 0.1) is 0 Å². The Morgan fingerprint density at radius 3 is 2.60 bits per heavy atom. The van der Waals surface area contributed by atoms with E-state index in [2.05, 4.69) is 34.6 Å². The molecule has 2 heterocycles. The van der Waals surface area contributed by atoms with E-state index < -0.39 is 0 Å². The number of anilines is 2. The van der Waals surface area contributed by atoms with Crippen LogP contribution in [0.15, 0.2) is 42.5 Å². The van der Waals surface area contributed by atoms with Crippen molar-refractivity contribution in [2.45, 2.75) is 39.5 Å². The summed E-state index contributed by atoms with van der Waals surface area (Å²) in [5, 5.41) is 12.4. The van der Waals surface area contributed by atoms with Crippen LogP contribution in [0.2, 0.25) is 0 Å². The maximum Gasteiger partial charge on any atom is 0.257 e. The minimum atomic E-state index is -0.207. The molecule has 1 fully saturated rings. The standard InChI is InChI=1S/C23H24N4O2S/c1-4-16-6-9-19(10-7-16)27-13-18(12-20(27)28)22-25-26-23(30-22)24-21(29)17-8-5-14(2)15(3)11-17/h5-11,18H,4,12-13H2,1-3H3,(H,24,26,29)/t18-/m0/s1. The molecule has 0 aliphatic carbocycles. The normalized spacial score (nSPS) is 16.2. The zero-order chi connectivity index (χ0) is 21.3. The maximum absolute atomic E-state index is 12.6. The van der Waals surface area contributed by atoms with E-state index in [1.807, 2.05) is 38.1 Å². The van der Waals surface area contributed by atoms with Crippen molar-refractivity contribution in [3.8, 4) is 0 Å². The summed E-state index contributed by atoms with van der Waals surface area (Å²) in [6, 6.07) is 13.7. The summed E-state index contributed by atoms with van der Waals surface area (Å²) in [7, 11) is 0. The summed E-state index contributed by atoms with van der Waals surface area (Å²) in [4.78, 5) is 26.9. The lowest BCUT2D eigenvalue weighted by Gasteiger charge is -2.16. The van der Waals surface area contributed by atoms with Gasteiger partial charge in [-0.1, -0.05) is 36.5 Å². The summed E-state index contributed by atoms with van der Waals surface area (Å²) < 4.78 is 0. The highest BCUT2D eigenvalue weighted by Gasteiger charge is 2.34. The monoisotopic (exact) mass is 420 g/mol. The molecule has 0 bridgehead atoms. The number of carbonyl (C=O) groups is 2. The molecule has 4 rings (SSSR count). The van der Waals surface area contributed by atoms with Crippen LogP contribution in [0.1, 0.15) is 51.3 Å². The second kappa shape index (κ2) is 8.36. The Morgan fingerprint density at radius 1 is 1.13 bits per heavy atom. The number of aromatic nitrogens is 2. The maximum atomic E-state index is 12.6. The quantitative estimate of drug-likeness (QED) is 0.660. The van der Waals surface area contributed by atoms with E-state index >= 15 is 0 Å². The van der Waals surface area contributed by atoms with Crippen LogP contribution in [0, 0.1) is 13.8 Å². The fourth-order valence-electron chi connectivity index (χ4n) is 3.54. The summed E-state index contributed by atoms with van der Waals surface area (Å²) in [5.41, 5.74) is 4.96. The second-order valence-corrected chi connectivity index (χ2v) is 8.63. The van der Waals surface area contributed by atoms with Crippen molar-refractivity contribution in [1.82, 2.24) is 10.2 Å². The van der Waals surface area contributed by atoms with Crippen molar-refractivity contribution < 1.29 is 9.59 Å². The number of amides is 2. The van der Waals surface area contributed by atoms with Gasteiger partial charge in [0, 0.05) is 30.1 Å². The zero-order valence-corrected chi connectivity index (χ0v) is 18.1. The van der Waals surface area contributed by atoms with Crippen LogP contribution in [0.4, 0.5) is 10.8 Å². The SMILES string of the molecule is CCc1ccc(N2C[C@@H](c3nnc(NC(=O)c4ccc(C)c(C)c4)s3)CC2=O)cc1.